The highest BCUT2D eigenvalue weighted by atomic mass is 14.9. The van der Waals surface area contributed by atoms with Crippen LogP contribution in [0.2, 0.25) is 0 Å². The van der Waals surface area contributed by atoms with Crippen LogP contribution < -0.4 is 11.1 Å². The molecule has 0 aliphatic carbocycles. The fourth-order valence-electron chi connectivity index (χ4n) is 0.785. The number of nitrogens with one attached hydrogen (secondary N) is 1. The molecule has 0 saturated carbocycles. The summed E-state index contributed by atoms with van der Waals surface area (Å²) in [5, 5.41) is 3.41. The van der Waals surface area contributed by atoms with Gasteiger partial charge < -0.3 is 11.1 Å². The van der Waals surface area contributed by atoms with E-state index in [1.165, 1.54) is 6.42 Å². The molecule has 3 N–H and O–H groups in total. The fraction of sp³-hybridized carbons (Fsp3) is 1.00. The van der Waals surface area contributed by atoms with Crippen LogP contribution >= 0.6 is 0 Å². The largest absolute Gasteiger partial charge is 0.326 e. The van der Waals surface area contributed by atoms with Crippen molar-refractivity contribution in [1.82, 2.24) is 5.32 Å². The Morgan fingerprint density at radius 1 is 1.45 bits per heavy atom. The van der Waals surface area contributed by atoms with E-state index in [9.17, 15) is 0 Å². The molecule has 0 radical (unpaired) electrons. The van der Waals surface area contributed by atoms with Gasteiger partial charge in [0.25, 0.3) is 0 Å². The standard InChI is InChI=1S/C9H22N2/c1-5-8(2)11-7-6-9(3,4)10/h8,11H,5-7,10H2,1-4H3. The van der Waals surface area contributed by atoms with Gasteiger partial charge in [-0.3, -0.25) is 0 Å². The summed E-state index contributed by atoms with van der Waals surface area (Å²) in [4.78, 5) is 0. The summed E-state index contributed by atoms with van der Waals surface area (Å²) in [7, 11) is 0. The molecule has 0 fully saturated rings. The Bertz CT molecular complexity index is 94.2. The van der Waals surface area contributed by atoms with Crippen molar-refractivity contribution < 1.29 is 0 Å². The van der Waals surface area contributed by atoms with Crippen LogP contribution in [0.3, 0.4) is 0 Å². The Hall–Kier alpha value is -0.0800. The van der Waals surface area contributed by atoms with Crippen LogP contribution in [0.15, 0.2) is 0 Å². The highest BCUT2D eigenvalue weighted by Gasteiger charge is 2.09. The van der Waals surface area contributed by atoms with Gasteiger partial charge in [0.2, 0.25) is 0 Å². The molecule has 0 heterocycles. The SMILES string of the molecule is CCC(C)NCCC(C)(C)N. The third kappa shape index (κ3) is 7.82. The monoisotopic (exact) mass is 158 g/mol. The van der Waals surface area contributed by atoms with Gasteiger partial charge in [0.15, 0.2) is 0 Å². The van der Waals surface area contributed by atoms with Crippen molar-refractivity contribution in [3.05, 3.63) is 0 Å². The summed E-state index contributed by atoms with van der Waals surface area (Å²) in [5.74, 6) is 0. The van der Waals surface area contributed by atoms with Crippen molar-refractivity contribution >= 4 is 0 Å². The predicted molar refractivity (Wildman–Crippen MR) is 50.6 cm³/mol. The quantitative estimate of drug-likeness (QED) is 0.636. The van der Waals surface area contributed by atoms with Crippen LogP contribution in [0.4, 0.5) is 0 Å². The first kappa shape index (κ1) is 10.9. The molecular formula is C9H22N2. The maximum Gasteiger partial charge on any atom is 0.0109 e. The zero-order valence-corrected chi connectivity index (χ0v) is 8.28. The van der Waals surface area contributed by atoms with Crippen molar-refractivity contribution in [2.75, 3.05) is 6.54 Å². The molecule has 0 bridgehead atoms. The number of hydrogen-bond donors (Lipinski definition) is 2. The lowest BCUT2D eigenvalue weighted by atomic mass is 10.0. The maximum absolute atomic E-state index is 5.82. The molecule has 2 heteroatoms. The summed E-state index contributed by atoms with van der Waals surface area (Å²) in [6.45, 7) is 9.53. The molecule has 1 unspecified atom stereocenters. The van der Waals surface area contributed by atoms with Gasteiger partial charge in [0.05, 0.1) is 0 Å². The van der Waals surface area contributed by atoms with Gasteiger partial charge in [-0.15, -0.1) is 0 Å². The van der Waals surface area contributed by atoms with Crippen LogP contribution in [-0.2, 0) is 0 Å². The van der Waals surface area contributed by atoms with Gasteiger partial charge >= 0.3 is 0 Å². The van der Waals surface area contributed by atoms with E-state index >= 15 is 0 Å². The van der Waals surface area contributed by atoms with Crippen molar-refractivity contribution in [3.63, 3.8) is 0 Å². The van der Waals surface area contributed by atoms with Crippen LogP contribution in [0.5, 0.6) is 0 Å². The van der Waals surface area contributed by atoms with Gasteiger partial charge in [-0.1, -0.05) is 6.92 Å². The minimum absolute atomic E-state index is 0.0273. The third-order valence-corrected chi connectivity index (χ3v) is 1.87. The van der Waals surface area contributed by atoms with Gasteiger partial charge in [-0.2, -0.15) is 0 Å². The van der Waals surface area contributed by atoms with Gasteiger partial charge in [-0.05, 0) is 40.2 Å². The Balaban J connectivity index is 3.28. The van der Waals surface area contributed by atoms with Crippen molar-refractivity contribution in [1.29, 1.82) is 0 Å². The molecule has 2 nitrogen and oxygen atoms in total. The molecule has 0 aromatic heterocycles. The summed E-state index contributed by atoms with van der Waals surface area (Å²) in [6.07, 6.45) is 2.22. The smallest absolute Gasteiger partial charge is 0.0109 e. The first-order valence-corrected chi connectivity index (χ1v) is 4.48. The second-order valence-electron chi connectivity index (χ2n) is 4.00. The summed E-state index contributed by atoms with van der Waals surface area (Å²) in [6, 6.07) is 0.623. The van der Waals surface area contributed by atoms with Gasteiger partial charge in [0.1, 0.15) is 0 Å². The minimum atomic E-state index is -0.0273. The van der Waals surface area contributed by atoms with Crippen LogP contribution in [0.25, 0.3) is 0 Å². The first-order chi connectivity index (χ1) is 4.95. The molecule has 0 aromatic carbocycles. The topological polar surface area (TPSA) is 38.0 Å². The Morgan fingerprint density at radius 2 is 2.00 bits per heavy atom. The van der Waals surface area contributed by atoms with E-state index < -0.39 is 0 Å². The lowest BCUT2D eigenvalue weighted by molar-refractivity contribution is 0.429. The van der Waals surface area contributed by atoms with E-state index in [4.69, 9.17) is 5.73 Å². The second kappa shape index (κ2) is 4.73. The highest BCUT2D eigenvalue weighted by Crippen LogP contribution is 2.01. The van der Waals surface area contributed by atoms with Crippen LogP contribution in [0, 0.1) is 0 Å². The van der Waals surface area contributed by atoms with Crippen molar-refractivity contribution in [2.45, 2.75) is 52.1 Å². The molecule has 68 valence electrons. The van der Waals surface area contributed by atoms with E-state index in [1.807, 2.05) is 0 Å². The number of hydrogen-bond acceptors (Lipinski definition) is 2. The second-order valence-corrected chi connectivity index (χ2v) is 4.00. The van der Waals surface area contributed by atoms with E-state index in [0.717, 1.165) is 13.0 Å². The molecule has 0 rings (SSSR count). The fourth-order valence-corrected chi connectivity index (χ4v) is 0.785. The van der Waals surface area contributed by atoms with E-state index in [1.54, 1.807) is 0 Å². The summed E-state index contributed by atoms with van der Waals surface area (Å²) < 4.78 is 0. The third-order valence-electron chi connectivity index (χ3n) is 1.87. The molecule has 1 atom stereocenters. The average molecular weight is 158 g/mol. The van der Waals surface area contributed by atoms with Crippen LogP contribution in [-0.4, -0.2) is 18.1 Å². The molecule has 0 aromatic rings. The lowest BCUT2D eigenvalue weighted by Crippen LogP contribution is -2.37. The minimum Gasteiger partial charge on any atom is -0.326 e. The molecule has 0 aliphatic rings. The predicted octanol–water partition coefficient (Wildman–Crippen LogP) is 1.50. The highest BCUT2D eigenvalue weighted by molar-refractivity contribution is 4.73. The molecule has 0 aliphatic heterocycles. The van der Waals surface area contributed by atoms with Crippen LogP contribution in [0.1, 0.15) is 40.5 Å². The molecule has 0 saturated heterocycles. The normalized spacial score (nSPS) is 15.0. The maximum atomic E-state index is 5.82. The van der Waals surface area contributed by atoms with Gasteiger partial charge in [-0.25, -0.2) is 0 Å². The number of rotatable bonds is 5. The molecule has 0 amide bonds. The van der Waals surface area contributed by atoms with Crippen molar-refractivity contribution in [3.8, 4) is 0 Å². The lowest BCUT2D eigenvalue weighted by Gasteiger charge is -2.20. The van der Waals surface area contributed by atoms with E-state index in [2.05, 4.69) is 33.0 Å². The molecule has 0 spiro atoms. The van der Waals surface area contributed by atoms with Gasteiger partial charge in [0, 0.05) is 11.6 Å². The summed E-state index contributed by atoms with van der Waals surface area (Å²) in [5.41, 5.74) is 5.80. The number of nitrogens with two attached hydrogens (primary N) is 1. The Kier molecular flexibility index (Phi) is 4.69. The zero-order valence-electron chi connectivity index (χ0n) is 8.28. The average Bonchev–Trinajstić information content (AvgIpc) is 1.85. The van der Waals surface area contributed by atoms with E-state index in [-0.39, 0.29) is 5.54 Å². The molecule has 11 heavy (non-hydrogen) atoms. The van der Waals surface area contributed by atoms with Crippen molar-refractivity contribution in [2.24, 2.45) is 5.73 Å². The molecular weight excluding hydrogens is 136 g/mol. The zero-order chi connectivity index (χ0) is 8.91. The first-order valence-electron chi connectivity index (χ1n) is 4.48. The summed E-state index contributed by atoms with van der Waals surface area (Å²) >= 11 is 0. The Labute approximate surface area is 70.5 Å². The van der Waals surface area contributed by atoms with E-state index in [0.29, 0.717) is 6.04 Å². The Morgan fingerprint density at radius 3 is 2.36 bits per heavy atom.